The minimum Gasteiger partial charge on any atom is -0.382 e. The number of hydrogen-bond acceptors (Lipinski definition) is 6. The number of rotatable bonds is 4. The number of ether oxygens (including phenoxy) is 1. The third-order valence-electron chi connectivity index (χ3n) is 7.25. The van der Waals surface area contributed by atoms with Gasteiger partial charge < -0.3 is 25.6 Å². The van der Waals surface area contributed by atoms with Crippen LogP contribution in [0, 0.1) is 11.3 Å². The molecule has 3 N–H and O–H groups in total. The Morgan fingerprint density at radius 2 is 2.03 bits per heavy atom. The summed E-state index contributed by atoms with van der Waals surface area (Å²) in [7, 11) is 0. The molecule has 0 bridgehead atoms. The van der Waals surface area contributed by atoms with Gasteiger partial charge in [0, 0.05) is 50.9 Å². The van der Waals surface area contributed by atoms with Crippen LogP contribution in [0.5, 0.6) is 0 Å². The Morgan fingerprint density at radius 3 is 2.71 bits per heavy atom. The summed E-state index contributed by atoms with van der Waals surface area (Å²) in [5.41, 5.74) is 6.38. The van der Waals surface area contributed by atoms with Gasteiger partial charge in [-0.3, -0.25) is 4.79 Å². The van der Waals surface area contributed by atoms with Crippen LogP contribution in [0.1, 0.15) is 31.7 Å². The molecule has 12 heteroatoms. The number of hydrogen-bond donors (Lipinski definition) is 2. The molecule has 0 aromatic carbocycles. The molecule has 1 spiro atoms. The summed E-state index contributed by atoms with van der Waals surface area (Å²) >= 11 is 0. The van der Waals surface area contributed by atoms with E-state index >= 15 is 0 Å². The van der Waals surface area contributed by atoms with E-state index in [0.29, 0.717) is 25.9 Å². The molecule has 1 saturated carbocycles. The second-order valence-electron chi connectivity index (χ2n) is 10.2. The van der Waals surface area contributed by atoms with Crippen LogP contribution in [0.15, 0.2) is 17.4 Å². The van der Waals surface area contributed by atoms with Crippen molar-refractivity contribution >= 4 is 23.7 Å². The molecular formula is C22H29F2N7O3. The lowest BCUT2D eigenvalue weighted by atomic mass is 9.56. The van der Waals surface area contributed by atoms with Gasteiger partial charge in [0.15, 0.2) is 5.84 Å². The molecule has 4 fully saturated rings. The van der Waals surface area contributed by atoms with Crippen LogP contribution in [0.25, 0.3) is 0 Å². The third kappa shape index (κ3) is 4.55. The zero-order chi connectivity index (χ0) is 24.1. The van der Waals surface area contributed by atoms with E-state index in [1.54, 1.807) is 12.4 Å². The van der Waals surface area contributed by atoms with Crippen LogP contribution in [0.3, 0.4) is 0 Å². The van der Waals surface area contributed by atoms with Gasteiger partial charge in [0.2, 0.25) is 5.91 Å². The highest BCUT2D eigenvalue weighted by molar-refractivity contribution is 5.88. The maximum atomic E-state index is 13.1. The lowest BCUT2D eigenvalue weighted by Crippen LogP contribution is -2.68. The minimum absolute atomic E-state index is 0.00772. The number of fused-ring (bicyclic) bond motifs is 1. The fraction of sp³-hybridized carbons (Fsp3) is 0.682. The lowest BCUT2D eigenvalue weighted by Gasteiger charge is -2.60. The fourth-order valence-corrected chi connectivity index (χ4v) is 5.59. The number of aliphatic imine (C=N–C) groups is 1. The first-order valence-electron chi connectivity index (χ1n) is 11.6. The van der Waals surface area contributed by atoms with Crippen molar-refractivity contribution in [3.05, 3.63) is 18.0 Å². The Kier molecular flexibility index (Phi) is 5.65. The Bertz CT molecular complexity index is 983. The standard InChI is InChI=1S/C22H29F2N7O3/c1-21(23,24)18(25)29-19-26-7-14(8-27-19)4-13-5-22(6-13)11-31(12-22)20(33)30-3-2-16-15(9-30)28-17(32)10-34-16/h7-8,13,15-16H,2-6,9-12H2,1H3,(H,28,32)(H2,25,26,27,29)/t15-,16+/m1/s1. The van der Waals surface area contributed by atoms with Gasteiger partial charge in [-0.25, -0.2) is 14.8 Å². The number of nitrogens with two attached hydrogens (primary N) is 1. The van der Waals surface area contributed by atoms with E-state index < -0.39 is 11.8 Å². The molecule has 1 aromatic rings. The van der Waals surface area contributed by atoms with Crippen molar-refractivity contribution in [2.24, 2.45) is 22.1 Å². The van der Waals surface area contributed by atoms with Gasteiger partial charge in [-0.05, 0) is 37.2 Å². The predicted molar refractivity (Wildman–Crippen MR) is 118 cm³/mol. The van der Waals surface area contributed by atoms with Crippen molar-refractivity contribution in [3.8, 4) is 0 Å². The number of piperidine rings is 1. The monoisotopic (exact) mass is 477 g/mol. The number of alkyl halides is 2. The highest BCUT2D eigenvalue weighted by Crippen LogP contribution is 2.53. The first kappa shape index (κ1) is 22.9. The molecule has 5 rings (SSSR count). The number of aromatic nitrogens is 2. The van der Waals surface area contributed by atoms with E-state index in [1.165, 1.54) is 0 Å². The number of carbonyl (C=O) groups excluding carboxylic acids is 2. The summed E-state index contributed by atoms with van der Waals surface area (Å²) in [6.45, 7) is 3.41. The average Bonchev–Trinajstić information content (AvgIpc) is 2.74. The van der Waals surface area contributed by atoms with Crippen LogP contribution in [0.4, 0.5) is 19.5 Å². The first-order chi connectivity index (χ1) is 16.1. The maximum Gasteiger partial charge on any atom is 0.320 e. The Hall–Kier alpha value is -2.89. The third-order valence-corrected chi connectivity index (χ3v) is 7.25. The molecular weight excluding hydrogens is 448 g/mol. The van der Waals surface area contributed by atoms with E-state index in [0.717, 1.165) is 44.3 Å². The number of carbonyl (C=O) groups is 2. The van der Waals surface area contributed by atoms with Crippen LogP contribution >= 0.6 is 0 Å². The Labute approximate surface area is 195 Å². The van der Waals surface area contributed by atoms with Gasteiger partial charge in [0.05, 0.1) is 12.1 Å². The smallest absolute Gasteiger partial charge is 0.320 e. The molecule has 4 heterocycles. The van der Waals surface area contributed by atoms with E-state index in [9.17, 15) is 18.4 Å². The molecule has 2 atom stereocenters. The van der Waals surface area contributed by atoms with Gasteiger partial charge in [-0.2, -0.15) is 13.8 Å². The van der Waals surface area contributed by atoms with Gasteiger partial charge in [-0.15, -0.1) is 0 Å². The van der Waals surface area contributed by atoms with Crippen LogP contribution < -0.4 is 11.1 Å². The number of urea groups is 1. The molecule has 3 amide bonds. The second kappa shape index (κ2) is 8.40. The molecule has 0 unspecified atom stereocenters. The average molecular weight is 478 g/mol. The Balaban J connectivity index is 1.07. The van der Waals surface area contributed by atoms with Crippen molar-refractivity contribution in [3.63, 3.8) is 0 Å². The van der Waals surface area contributed by atoms with Crippen molar-refractivity contribution in [1.82, 2.24) is 25.1 Å². The van der Waals surface area contributed by atoms with Crippen molar-refractivity contribution < 1.29 is 23.1 Å². The summed E-state index contributed by atoms with van der Waals surface area (Å²) in [6, 6.07) is -0.0923. The number of amides is 3. The molecule has 3 saturated heterocycles. The van der Waals surface area contributed by atoms with Crippen molar-refractivity contribution in [2.45, 2.75) is 50.7 Å². The molecule has 4 aliphatic rings. The molecule has 1 aliphatic carbocycles. The van der Waals surface area contributed by atoms with E-state index in [4.69, 9.17) is 10.5 Å². The van der Waals surface area contributed by atoms with Crippen molar-refractivity contribution in [1.29, 1.82) is 0 Å². The van der Waals surface area contributed by atoms with Gasteiger partial charge in [0.25, 0.3) is 5.95 Å². The number of nitrogens with one attached hydrogen (secondary N) is 1. The minimum atomic E-state index is -3.21. The predicted octanol–water partition coefficient (Wildman–Crippen LogP) is 1.08. The number of halogens is 2. The number of nitrogens with zero attached hydrogens (tertiary/aromatic N) is 5. The number of amidine groups is 1. The largest absolute Gasteiger partial charge is 0.382 e. The van der Waals surface area contributed by atoms with Crippen molar-refractivity contribution in [2.75, 3.05) is 32.8 Å². The zero-order valence-corrected chi connectivity index (χ0v) is 19.0. The number of morpholine rings is 1. The van der Waals surface area contributed by atoms with Crippen LogP contribution in [-0.4, -0.2) is 88.4 Å². The first-order valence-corrected chi connectivity index (χ1v) is 11.6. The highest BCUT2D eigenvalue weighted by atomic mass is 19.3. The van der Waals surface area contributed by atoms with E-state index in [1.807, 2.05) is 9.80 Å². The normalized spacial score (nSPS) is 27.0. The maximum absolute atomic E-state index is 13.1. The lowest BCUT2D eigenvalue weighted by molar-refractivity contribution is -0.140. The molecule has 10 nitrogen and oxygen atoms in total. The molecule has 0 radical (unpaired) electrons. The van der Waals surface area contributed by atoms with Gasteiger partial charge in [0.1, 0.15) is 6.61 Å². The summed E-state index contributed by atoms with van der Waals surface area (Å²) in [4.78, 5) is 39.9. The topological polar surface area (TPSA) is 126 Å². The molecule has 184 valence electrons. The Morgan fingerprint density at radius 1 is 1.32 bits per heavy atom. The quantitative estimate of drug-likeness (QED) is 0.494. The highest BCUT2D eigenvalue weighted by Gasteiger charge is 2.54. The second-order valence-corrected chi connectivity index (χ2v) is 10.2. The molecule has 1 aromatic heterocycles. The van der Waals surface area contributed by atoms with Gasteiger partial charge in [-0.1, -0.05) is 0 Å². The summed E-state index contributed by atoms with van der Waals surface area (Å²) < 4.78 is 31.8. The number of likely N-dealkylation sites (tertiary alicyclic amines) is 2. The molecule has 3 aliphatic heterocycles. The fourth-order valence-electron chi connectivity index (χ4n) is 5.59. The summed E-state index contributed by atoms with van der Waals surface area (Å²) in [5, 5.41) is 2.93. The van der Waals surface area contributed by atoms with E-state index in [2.05, 4.69) is 20.3 Å². The summed E-state index contributed by atoms with van der Waals surface area (Å²) in [5.74, 6) is -3.75. The molecule has 34 heavy (non-hydrogen) atoms. The zero-order valence-electron chi connectivity index (χ0n) is 19.0. The SMILES string of the molecule is CC(F)(F)/C(N)=N/c1ncc(CC2CC3(C2)CN(C(=O)N2CC[C@@H]4OCC(=O)N[C@@H]4C2)C3)cn1. The summed E-state index contributed by atoms with van der Waals surface area (Å²) in [6.07, 6.45) is 6.79. The van der Waals surface area contributed by atoms with Crippen LogP contribution in [0.2, 0.25) is 0 Å². The van der Waals surface area contributed by atoms with Crippen LogP contribution in [-0.2, 0) is 16.0 Å². The van der Waals surface area contributed by atoms with E-state index in [-0.39, 0.29) is 42.1 Å². The van der Waals surface area contributed by atoms with Gasteiger partial charge >= 0.3 is 12.0 Å².